The van der Waals surface area contributed by atoms with E-state index >= 15 is 0 Å². The van der Waals surface area contributed by atoms with E-state index < -0.39 is 22.2 Å². The number of rotatable bonds is 2. The first kappa shape index (κ1) is 16.7. The number of aryl methyl sites for hydroxylation is 2. The molecular weight excluding hydrogens is 350 g/mol. The van der Waals surface area contributed by atoms with E-state index in [0.717, 1.165) is 13.9 Å². The number of halogens is 1. The van der Waals surface area contributed by atoms with Gasteiger partial charge in [0.15, 0.2) is 5.69 Å². The summed E-state index contributed by atoms with van der Waals surface area (Å²) in [7, 11) is 2.71. The summed E-state index contributed by atoms with van der Waals surface area (Å²) in [6.07, 6.45) is 1.20. The van der Waals surface area contributed by atoms with Crippen LogP contribution in [0.3, 0.4) is 0 Å². The first-order valence-electron chi connectivity index (χ1n) is 7.06. The molecule has 1 aromatic carbocycles. The fourth-order valence-electron chi connectivity index (χ4n) is 2.29. The van der Waals surface area contributed by atoms with Gasteiger partial charge in [-0.25, -0.2) is 14.0 Å². The van der Waals surface area contributed by atoms with Gasteiger partial charge in [-0.2, -0.15) is 5.10 Å². The van der Waals surface area contributed by atoms with Crippen molar-refractivity contribution in [1.29, 1.82) is 0 Å². The molecular formula is C15H12ClN5O4. The monoisotopic (exact) mass is 361 g/mol. The molecule has 3 rings (SSSR count). The molecule has 9 nitrogen and oxygen atoms in total. The van der Waals surface area contributed by atoms with Gasteiger partial charge in [0.2, 0.25) is 0 Å². The molecule has 25 heavy (non-hydrogen) atoms. The van der Waals surface area contributed by atoms with Gasteiger partial charge >= 0.3 is 11.2 Å². The van der Waals surface area contributed by atoms with Crippen LogP contribution in [0.15, 0.2) is 49.6 Å². The Hall–Kier alpha value is -3.20. The maximum Gasteiger partial charge on any atom is 0.351 e. The fraction of sp³-hybridized carbons (Fsp3) is 0.133. The van der Waals surface area contributed by atoms with Crippen molar-refractivity contribution >= 4 is 11.6 Å². The molecule has 0 aliphatic carbocycles. The normalized spacial score (nSPS) is 10.8. The number of H-pyrrole nitrogens is 1. The Morgan fingerprint density at radius 1 is 1.00 bits per heavy atom. The van der Waals surface area contributed by atoms with Gasteiger partial charge < -0.3 is 5.10 Å². The van der Waals surface area contributed by atoms with Crippen LogP contribution >= 0.6 is 11.6 Å². The molecule has 3 aromatic rings. The lowest BCUT2D eigenvalue weighted by Gasteiger charge is -2.09. The van der Waals surface area contributed by atoms with E-state index in [9.17, 15) is 19.2 Å². The van der Waals surface area contributed by atoms with Crippen molar-refractivity contribution in [3.8, 4) is 16.9 Å². The number of benzene rings is 1. The summed E-state index contributed by atoms with van der Waals surface area (Å²) in [6, 6.07) is 6.02. The number of hydrogen-bond donors (Lipinski definition) is 1. The molecule has 0 fully saturated rings. The molecule has 0 spiro atoms. The van der Waals surface area contributed by atoms with Gasteiger partial charge in [0.1, 0.15) is 0 Å². The highest BCUT2D eigenvalue weighted by Crippen LogP contribution is 2.11. The van der Waals surface area contributed by atoms with Crippen LogP contribution in [-0.4, -0.2) is 24.1 Å². The molecule has 128 valence electrons. The van der Waals surface area contributed by atoms with E-state index in [4.69, 9.17) is 11.6 Å². The zero-order valence-corrected chi connectivity index (χ0v) is 13.9. The third-order valence-corrected chi connectivity index (χ3v) is 3.86. The molecule has 0 aliphatic heterocycles. The fourth-order valence-corrected chi connectivity index (χ4v) is 2.41. The average Bonchev–Trinajstić information content (AvgIpc) is 2.58. The van der Waals surface area contributed by atoms with E-state index in [-0.39, 0.29) is 16.9 Å². The van der Waals surface area contributed by atoms with E-state index in [1.54, 1.807) is 0 Å². The smallest absolute Gasteiger partial charge is 0.302 e. The molecule has 0 atom stereocenters. The Morgan fingerprint density at radius 3 is 2.28 bits per heavy atom. The second-order valence-corrected chi connectivity index (χ2v) is 5.69. The standard InChI is InChI=1S/C15H12ClN5O4/c1-19-14(24)12(22)10(7-17-19)11-13(23)21(15(25)20(2)18-11)9-5-3-8(16)4-6-9/h3-7,17H,1-2H3. The molecule has 0 amide bonds. The number of nitrogens with one attached hydrogen (secondary N) is 1. The summed E-state index contributed by atoms with van der Waals surface area (Å²) >= 11 is 5.82. The predicted molar refractivity (Wildman–Crippen MR) is 91.4 cm³/mol. The Balaban J connectivity index is 2.39. The molecule has 0 unspecified atom stereocenters. The number of aromatic amines is 1. The summed E-state index contributed by atoms with van der Waals surface area (Å²) in [5.41, 5.74) is -3.51. The highest BCUT2D eigenvalue weighted by atomic mass is 35.5. The quantitative estimate of drug-likeness (QED) is 0.626. The Labute approximate surface area is 144 Å². The first-order valence-corrected chi connectivity index (χ1v) is 7.44. The van der Waals surface area contributed by atoms with Gasteiger partial charge in [0.05, 0.1) is 11.3 Å². The molecule has 1 N–H and O–H groups in total. The molecule has 0 saturated carbocycles. The summed E-state index contributed by atoms with van der Waals surface area (Å²) in [5, 5.41) is 6.84. The Bertz CT molecular complexity index is 1200. The lowest BCUT2D eigenvalue weighted by molar-refractivity contribution is 0.634. The van der Waals surface area contributed by atoms with Gasteiger partial charge in [-0.05, 0) is 24.3 Å². The number of nitrogens with zero attached hydrogens (tertiary/aromatic N) is 4. The molecule has 2 aromatic heterocycles. The van der Waals surface area contributed by atoms with Gasteiger partial charge in [-0.1, -0.05) is 11.6 Å². The largest absolute Gasteiger partial charge is 0.351 e. The summed E-state index contributed by atoms with van der Waals surface area (Å²) < 4.78 is 2.75. The van der Waals surface area contributed by atoms with Gasteiger partial charge in [0, 0.05) is 25.3 Å². The van der Waals surface area contributed by atoms with Gasteiger partial charge in [-0.3, -0.25) is 19.1 Å². The van der Waals surface area contributed by atoms with Crippen molar-refractivity contribution in [2.24, 2.45) is 14.1 Å². The van der Waals surface area contributed by atoms with Crippen LogP contribution in [0.2, 0.25) is 5.02 Å². The third kappa shape index (κ3) is 2.74. The van der Waals surface area contributed by atoms with Crippen molar-refractivity contribution in [2.45, 2.75) is 0 Å². The topological polar surface area (TPSA) is 112 Å². The molecule has 10 heteroatoms. The molecule has 0 saturated heterocycles. The zero-order chi connectivity index (χ0) is 18.3. The van der Waals surface area contributed by atoms with Crippen molar-refractivity contribution in [3.63, 3.8) is 0 Å². The lowest BCUT2D eigenvalue weighted by atomic mass is 10.2. The lowest BCUT2D eigenvalue weighted by Crippen LogP contribution is -2.42. The van der Waals surface area contributed by atoms with Crippen molar-refractivity contribution < 1.29 is 0 Å². The minimum atomic E-state index is -0.896. The van der Waals surface area contributed by atoms with E-state index in [0.29, 0.717) is 5.02 Å². The first-order chi connectivity index (χ1) is 11.8. The maximum absolute atomic E-state index is 12.8. The maximum atomic E-state index is 12.8. The van der Waals surface area contributed by atoms with Gasteiger partial charge in [-0.15, -0.1) is 0 Å². The average molecular weight is 362 g/mol. The molecule has 2 heterocycles. The van der Waals surface area contributed by atoms with Gasteiger partial charge in [0.25, 0.3) is 11.0 Å². The van der Waals surface area contributed by atoms with E-state index in [2.05, 4.69) is 10.2 Å². The Kier molecular flexibility index (Phi) is 4.01. The van der Waals surface area contributed by atoms with E-state index in [1.165, 1.54) is 44.6 Å². The van der Waals surface area contributed by atoms with Crippen LogP contribution in [0.5, 0.6) is 0 Å². The third-order valence-electron chi connectivity index (χ3n) is 3.61. The second-order valence-electron chi connectivity index (χ2n) is 5.25. The highest BCUT2D eigenvalue weighted by Gasteiger charge is 2.18. The zero-order valence-electron chi connectivity index (χ0n) is 13.2. The number of aromatic nitrogens is 5. The van der Waals surface area contributed by atoms with Crippen molar-refractivity contribution in [3.05, 3.63) is 76.9 Å². The summed E-state index contributed by atoms with van der Waals surface area (Å²) in [6.45, 7) is 0. The summed E-state index contributed by atoms with van der Waals surface area (Å²) in [5.74, 6) is 0. The summed E-state index contributed by atoms with van der Waals surface area (Å²) in [4.78, 5) is 49.1. The van der Waals surface area contributed by atoms with Crippen LogP contribution in [-0.2, 0) is 14.1 Å². The molecule has 0 radical (unpaired) electrons. The van der Waals surface area contributed by atoms with Crippen LogP contribution in [0, 0.1) is 0 Å². The minimum absolute atomic E-state index is 0.216. The van der Waals surface area contributed by atoms with E-state index in [1.807, 2.05) is 0 Å². The van der Waals surface area contributed by atoms with Crippen LogP contribution in [0.4, 0.5) is 0 Å². The van der Waals surface area contributed by atoms with Crippen molar-refractivity contribution in [1.82, 2.24) is 24.1 Å². The highest BCUT2D eigenvalue weighted by molar-refractivity contribution is 6.30. The van der Waals surface area contributed by atoms with Crippen molar-refractivity contribution in [2.75, 3.05) is 0 Å². The van der Waals surface area contributed by atoms with Crippen LogP contribution in [0.25, 0.3) is 16.9 Å². The second kappa shape index (κ2) is 6.02. The van der Waals surface area contributed by atoms with Crippen LogP contribution < -0.4 is 22.2 Å². The molecule has 0 bridgehead atoms. The number of hydrogen-bond acceptors (Lipinski definition) is 5. The predicted octanol–water partition coefficient (Wildman–Crippen LogP) is -0.361. The Morgan fingerprint density at radius 2 is 1.64 bits per heavy atom. The molecule has 0 aliphatic rings. The SMILES string of the molecule is Cn1nc(-c2c[nH]n(C)c(=O)c2=O)c(=O)n(-c2ccc(Cl)cc2)c1=O. The minimum Gasteiger partial charge on any atom is -0.302 e. The van der Waals surface area contributed by atoms with Crippen LogP contribution in [0.1, 0.15) is 0 Å².